The number of carbonyl (C=O) groups excluding carboxylic acids is 2. The van der Waals surface area contributed by atoms with E-state index in [4.69, 9.17) is 14.2 Å². The minimum Gasteiger partial charge on any atom is -0.507 e. The van der Waals surface area contributed by atoms with Crippen molar-refractivity contribution in [2.45, 2.75) is 39.5 Å². The van der Waals surface area contributed by atoms with Gasteiger partial charge in [0, 0.05) is 0 Å². The Hall–Kier alpha value is -3.02. The lowest BCUT2D eigenvalue weighted by atomic mass is 10.2. The third-order valence-electron chi connectivity index (χ3n) is 3.99. The first-order valence-electron chi connectivity index (χ1n) is 9.50. The number of hydrogen-bond acceptors (Lipinski definition) is 6. The predicted octanol–water partition coefficient (Wildman–Crippen LogP) is 4.75. The normalized spacial score (nSPS) is 10.4. The molecule has 28 heavy (non-hydrogen) atoms. The van der Waals surface area contributed by atoms with Gasteiger partial charge in [-0.2, -0.15) is 0 Å². The Morgan fingerprint density at radius 3 is 2.18 bits per heavy atom. The summed E-state index contributed by atoms with van der Waals surface area (Å²) in [6.45, 7) is 4.97. The van der Waals surface area contributed by atoms with Crippen LogP contribution in [0.2, 0.25) is 0 Å². The third kappa shape index (κ3) is 6.30. The molecule has 0 heterocycles. The van der Waals surface area contributed by atoms with E-state index in [1.807, 2.05) is 6.92 Å². The minimum absolute atomic E-state index is 0.0407. The van der Waals surface area contributed by atoms with Gasteiger partial charge in [0.25, 0.3) is 0 Å². The summed E-state index contributed by atoms with van der Waals surface area (Å²) in [5.41, 5.74) is 0.309. The zero-order chi connectivity index (χ0) is 20.4. The van der Waals surface area contributed by atoms with E-state index in [-0.39, 0.29) is 23.7 Å². The third-order valence-corrected chi connectivity index (χ3v) is 3.99. The summed E-state index contributed by atoms with van der Waals surface area (Å²) in [6.07, 6.45) is 3.64. The highest BCUT2D eigenvalue weighted by Crippen LogP contribution is 2.25. The molecule has 0 unspecified atom stereocenters. The van der Waals surface area contributed by atoms with Crippen LogP contribution in [0, 0.1) is 0 Å². The maximum absolute atomic E-state index is 12.3. The molecule has 0 aromatic heterocycles. The van der Waals surface area contributed by atoms with Crippen LogP contribution in [0.15, 0.2) is 42.5 Å². The lowest BCUT2D eigenvalue weighted by molar-refractivity contribution is 0.0494. The Morgan fingerprint density at radius 2 is 1.50 bits per heavy atom. The van der Waals surface area contributed by atoms with Crippen molar-refractivity contribution < 1.29 is 28.9 Å². The summed E-state index contributed by atoms with van der Waals surface area (Å²) in [5.74, 6) is -0.622. The van der Waals surface area contributed by atoms with Crippen molar-refractivity contribution in [2.24, 2.45) is 0 Å². The van der Waals surface area contributed by atoms with E-state index in [9.17, 15) is 14.7 Å². The van der Waals surface area contributed by atoms with E-state index >= 15 is 0 Å². The van der Waals surface area contributed by atoms with Gasteiger partial charge in [0.15, 0.2) is 0 Å². The van der Waals surface area contributed by atoms with Gasteiger partial charge in [-0.1, -0.05) is 26.7 Å². The fourth-order valence-electron chi connectivity index (χ4n) is 2.32. The smallest absolute Gasteiger partial charge is 0.343 e. The van der Waals surface area contributed by atoms with Crippen molar-refractivity contribution in [3.05, 3.63) is 53.6 Å². The number of aromatic hydroxyl groups is 1. The van der Waals surface area contributed by atoms with Crippen molar-refractivity contribution >= 4 is 11.9 Å². The standard InChI is InChI=1S/C22H26O6/c1-3-5-13-26-17-9-7-16(8-10-17)21(24)28-18-11-12-20(23)19(15-18)22(25)27-14-6-4-2/h7-12,15,23H,3-6,13-14H2,1-2H3. The quantitative estimate of drug-likeness (QED) is 0.361. The SMILES string of the molecule is CCCCOC(=O)c1cc(OC(=O)c2ccc(OCCCC)cc2)ccc1O. The average Bonchev–Trinajstić information content (AvgIpc) is 2.70. The molecule has 0 aliphatic carbocycles. The summed E-state index contributed by atoms with van der Waals surface area (Å²) in [4.78, 5) is 24.4. The predicted molar refractivity (Wildman–Crippen MR) is 105 cm³/mol. The molecular weight excluding hydrogens is 360 g/mol. The van der Waals surface area contributed by atoms with Crippen LogP contribution in [0.5, 0.6) is 17.2 Å². The number of esters is 2. The first-order valence-corrected chi connectivity index (χ1v) is 9.50. The molecule has 0 spiro atoms. The van der Waals surface area contributed by atoms with E-state index in [1.54, 1.807) is 24.3 Å². The molecule has 0 aliphatic rings. The molecule has 0 fully saturated rings. The molecule has 1 N–H and O–H groups in total. The number of rotatable bonds is 10. The van der Waals surface area contributed by atoms with Crippen molar-refractivity contribution in [2.75, 3.05) is 13.2 Å². The summed E-state index contributed by atoms with van der Waals surface area (Å²) < 4.78 is 16.0. The summed E-state index contributed by atoms with van der Waals surface area (Å²) >= 11 is 0. The van der Waals surface area contributed by atoms with Crippen LogP contribution >= 0.6 is 0 Å². The highest BCUT2D eigenvalue weighted by Gasteiger charge is 2.16. The molecule has 2 rings (SSSR count). The fourth-order valence-corrected chi connectivity index (χ4v) is 2.32. The lowest BCUT2D eigenvalue weighted by Crippen LogP contribution is -2.10. The van der Waals surface area contributed by atoms with Crippen LogP contribution < -0.4 is 9.47 Å². The summed E-state index contributed by atoms with van der Waals surface area (Å²) in [6, 6.07) is 10.7. The van der Waals surface area contributed by atoms with Crippen molar-refractivity contribution in [3.63, 3.8) is 0 Å². The Labute approximate surface area is 165 Å². The molecule has 2 aromatic carbocycles. The van der Waals surface area contributed by atoms with Gasteiger partial charge in [-0.3, -0.25) is 0 Å². The number of unbranched alkanes of at least 4 members (excludes halogenated alkanes) is 2. The van der Waals surface area contributed by atoms with E-state index in [1.165, 1.54) is 18.2 Å². The lowest BCUT2D eigenvalue weighted by Gasteiger charge is -2.09. The van der Waals surface area contributed by atoms with Gasteiger partial charge in [-0.15, -0.1) is 0 Å². The highest BCUT2D eigenvalue weighted by atomic mass is 16.5. The second-order valence-corrected chi connectivity index (χ2v) is 6.28. The second-order valence-electron chi connectivity index (χ2n) is 6.28. The first-order chi connectivity index (χ1) is 13.5. The molecule has 6 heteroatoms. The molecule has 0 saturated heterocycles. The number of benzene rings is 2. The van der Waals surface area contributed by atoms with Crippen LogP contribution in [-0.4, -0.2) is 30.3 Å². The van der Waals surface area contributed by atoms with Gasteiger partial charge in [0.05, 0.1) is 18.8 Å². The zero-order valence-corrected chi connectivity index (χ0v) is 16.3. The molecular formula is C22H26O6. The van der Waals surface area contributed by atoms with Crippen LogP contribution in [0.25, 0.3) is 0 Å². The fraction of sp³-hybridized carbons (Fsp3) is 0.364. The van der Waals surface area contributed by atoms with Crippen molar-refractivity contribution in [3.8, 4) is 17.2 Å². The number of hydrogen-bond donors (Lipinski definition) is 1. The molecule has 0 saturated carbocycles. The number of ether oxygens (including phenoxy) is 3. The van der Waals surface area contributed by atoms with Crippen LogP contribution in [0.4, 0.5) is 0 Å². The Kier molecular flexibility index (Phi) is 8.34. The van der Waals surface area contributed by atoms with Gasteiger partial charge < -0.3 is 19.3 Å². The topological polar surface area (TPSA) is 82.1 Å². The van der Waals surface area contributed by atoms with Gasteiger partial charge in [0.2, 0.25) is 0 Å². The molecule has 2 aromatic rings. The number of phenols is 1. The first kappa shape index (κ1) is 21.3. The Bertz CT molecular complexity index is 782. The Morgan fingerprint density at radius 1 is 0.857 bits per heavy atom. The van der Waals surface area contributed by atoms with Crippen LogP contribution in [0.3, 0.4) is 0 Å². The summed E-state index contributed by atoms with van der Waals surface area (Å²) in [5, 5.41) is 9.88. The molecule has 150 valence electrons. The van der Waals surface area contributed by atoms with Crippen molar-refractivity contribution in [1.82, 2.24) is 0 Å². The maximum Gasteiger partial charge on any atom is 0.343 e. The van der Waals surface area contributed by atoms with E-state index in [2.05, 4.69) is 6.92 Å². The maximum atomic E-state index is 12.3. The van der Waals surface area contributed by atoms with E-state index in [0.717, 1.165) is 25.7 Å². The number of carbonyl (C=O) groups is 2. The van der Waals surface area contributed by atoms with Crippen LogP contribution in [-0.2, 0) is 4.74 Å². The van der Waals surface area contributed by atoms with E-state index < -0.39 is 11.9 Å². The van der Waals surface area contributed by atoms with Gasteiger partial charge in [-0.05, 0) is 55.3 Å². The molecule has 6 nitrogen and oxygen atoms in total. The minimum atomic E-state index is -0.655. The van der Waals surface area contributed by atoms with Gasteiger partial charge >= 0.3 is 11.9 Å². The zero-order valence-electron chi connectivity index (χ0n) is 16.3. The second kappa shape index (κ2) is 11.0. The monoisotopic (exact) mass is 386 g/mol. The molecule has 0 bridgehead atoms. The summed E-state index contributed by atoms with van der Waals surface area (Å²) in [7, 11) is 0. The number of phenolic OH excluding ortho intramolecular Hbond substituents is 1. The molecule has 0 atom stereocenters. The largest absolute Gasteiger partial charge is 0.507 e. The van der Waals surface area contributed by atoms with Crippen molar-refractivity contribution in [1.29, 1.82) is 0 Å². The molecule has 0 aliphatic heterocycles. The van der Waals surface area contributed by atoms with Gasteiger partial charge in [0.1, 0.15) is 22.8 Å². The molecule has 0 amide bonds. The highest BCUT2D eigenvalue weighted by molar-refractivity contribution is 5.94. The van der Waals surface area contributed by atoms with Crippen LogP contribution in [0.1, 0.15) is 60.2 Å². The molecule has 0 radical (unpaired) electrons. The van der Waals surface area contributed by atoms with E-state index in [0.29, 0.717) is 17.9 Å². The Balaban J connectivity index is 2.01. The van der Waals surface area contributed by atoms with Gasteiger partial charge in [-0.25, -0.2) is 9.59 Å². The average molecular weight is 386 g/mol.